The van der Waals surface area contributed by atoms with Crippen LogP contribution in [0.3, 0.4) is 0 Å². The molecule has 246 valence electrons. The number of rotatable bonds is 10. The van der Waals surface area contributed by atoms with Crippen molar-refractivity contribution in [3.63, 3.8) is 0 Å². The third-order valence-electron chi connectivity index (χ3n) is 9.19. The number of hydrogen-bond acceptors (Lipinski definition) is 10. The van der Waals surface area contributed by atoms with Crippen molar-refractivity contribution in [2.24, 2.45) is 0 Å². The van der Waals surface area contributed by atoms with Gasteiger partial charge in [0, 0.05) is 75.0 Å². The van der Waals surface area contributed by atoms with E-state index in [0.717, 1.165) is 60.9 Å². The number of benzene rings is 2. The summed E-state index contributed by atoms with van der Waals surface area (Å²) in [5.74, 6) is 1.70. The molecule has 2 aromatic heterocycles. The number of nitrogens with one attached hydrogen (secondary N) is 2. The number of methoxy groups -OCH3 is 1. The molecule has 10 nitrogen and oxygen atoms in total. The average Bonchev–Trinajstić information content (AvgIpc) is 3.10. The number of halogens is 1. The van der Waals surface area contributed by atoms with Crippen molar-refractivity contribution in [1.29, 1.82) is 0 Å². The van der Waals surface area contributed by atoms with E-state index in [2.05, 4.69) is 77.3 Å². The Kier molecular flexibility index (Phi) is 10.7. The lowest BCUT2D eigenvalue weighted by Crippen LogP contribution is -2.52. The third kappa shape index (κ3) is 7.75. The van der Waals surface area contributed by atoms with Crippen LogP contribution in [-0.4, -0.2) is 84.2 Å². The quantitative estimate of drug-likeness (QED) is 0.171. The molecule has 2 aromatic carbocycles. The fraction of sp³-hybridized carbons (Fsp3) is 0.400. The minimum absolute atomic E-state index is 0.112. The zero-order valence-electron chi connectivity index (χ0n) is 27.5. The summed E-state index contributed by atoms with van der Waals surface area (Å²) in [4.78, 5) is 21.4. The Balaban J connectivity index is 1.18. The lowest BCUT2D eigenvalue weighted by atomic mass is 9.99. The molecule has 2 saturated heterocycles. The first-order valence-electron chi connectivity index (χ1n) is 16.2. The van der Waals surface area contributed by atoms with Crippen LogP contribution in [-0.2, 0) is 11.0 Å². The van der Waals surface area contributed by atoms with Crippen molar-refractivity contribution >= 4 is 58.5 Å². The van der Waals surface area contributed by atoms with Crippen LogP contribution in [0, 0.1) is 6.92 Å². The molecule has 4 heterocycles. The van der Waals surface area contributed by atoms with Gasteiger partial charge < -0.3 is 25.2 Å². The molecule has 0 unspecified atom stereocenters. The normalized spacial score (nSPS) is 16.4. The number of pyridine rings is 1. The van der Waals surface area contributed by atoms with Crippen LogP contribution in [0.5, 0.6) is 5.75 Å². The summed E-state index contributed by atoms with van der Waals surface area (Å²) < 4.78 is 18.7. The number of anilines is 5. The van der Waals surface area contributed by atoms with E-state index in [4.69, 9.17) is 9.72 Å². The van der Waals surface area contributed by atoms with Gasteiger partial charge in [0.2, 0.25) is 5.95 Å². The van der Waals surface area contributed by atoms with Gasteiger partial charge in [-0.1, -0.05) is 19.1 Å². The lowest BCUT2D eigenvalue weighted by Gasteiger charge is -2.43. The number of piperidine rings is 1. The fourth-order valence-electron chi connectivity index (χ4n) is 6.39. The molecule has 2 aliphatic heterocycles. The first-order valence-corrected chi connectivity index (χ1v) is 17.8. The molecule has 12 heteroatoms. The van der Waals surface area contributed by atoms with Gasteiger partial charge in [-0.3, -0.25) is 14.4 Å². The predicted molar refractivity (Wildman–Crippen MR) is 195 cm³/mol. The lowest BCUT2D eigenvalue weighted by molar-refractivity contribution is 0.0982. The van der Waals surface area contributed by atoms with E-state index < -0.39 is 0 Å². The van der Waals surface area contributed by atoms with Crippen LogP contribution in [0.15, 0.2) is 59.3 Å². The van der Waals surface area contributed by atoms with Crippen LogP contribution < -0.4 is 25.6 Å². The molecule has 0 bridgehead atoms. The molecule has 0 saturated carbocycles. The smallest absolute Gasteiger partial charge is 0.229 e. The van der Waals surface area contributed by atoms with E-state index in [1.807, 2.05) is 43.5 Å². The Morgan fingerprint density at radius 1 is 0.957 bits per heavy atom. The summed E-state index contributed by atoms with van der Waals surface area (Å²) in [6.07, 6.45) is 6.77. The van der Waals surface area contributed by atoms with Crippen molar-refractivity contribution in [2.45, 2.75) is 39.2 Å². The maximum Gasteiger partial charge on any atom is 0.229 e. The Morgan fingerprint density at radius 2 is 1.74 bits per heavy atom. The number of nitrogens with zero attached hydrogens (tertiary/aromatic N) is 6. The minimum atomic E-state index is -0.112. The highest BCUT2D eigenvalue weighted by Gasteiger charge is 2.28. The van der Waals surface area contributed by atoms with Crippen LogP contribution >= 0.6 is 24.4 Å². The number of piperazine rings is 1. The zero-order valence-corrected chi connectivity index (χ0v) is 29.9. The molecule has 0 aliphatic carbocycles. The Hall–Kier alpha value is -3.63. The molecule has 0 radical (unpaired) electrons. The van der Waals surface area contributed by atoms with Gasteiger partial charge in [-0.15, -0.1) is 0 Å². The highest BCUT2D eigenvalue weighted by atomic mass is 79.9. The van der Waals surface area contributed by atoms with E-state index in [1.165, 1.54) is 37.2 Å². The molecule has 2 N–H and O–H groups in total. The van der Waals surface area contributed by atoms with Gasteiger partial charge in [0.25, 0.3) is 0 Å². The largest absolute Gasteiger partial charge is 0.494 e. The minimum Gasteiger partial charge on any atom is -0.494 e. The van der Waals surface area contributed by atoms with Crippen molar-refractivity contribution in [3.05, 3.63) is 70.5 Å². The van der Waals surface area contributed by atoms with E-state index in [-0.39, 0.29) is 8.46 Å². The Morgan fingerprint density at radius 3 is 2.43 bits per heavy atom. The summed E-state index contributed by atoms with van der Waals surface area (Å²) in [5, 5.41) is 7.32. The first kappa shape index (κ1) is 33.3. The second-order valence-electron chi connectivity index (χ2n) is 12.3. The van der Waals surface area contributed by atoms with Crippen LogP contribution in [0.1, 0.15) is 30.9 Å². The number of hydrogen-bond donors (Lipinski definition) is 2. The second kappa shape index (κ2) is 15.1. The summed E-state index contributed by atoms with van der Waals surface area (Å²) in [5.41, 5.74) is 6.77. The third-order valence-corrected chi connectivity index (χ3v) is 10.3. The molecule has 2 aliphatic rings. The Labute approximate surface area is 287 Å². The maximum absolute atomic E-state index is 12.2. The van der Waals surface area contributed by atoms with E-state index in [9.17, 15) is 4.57 Å². The van der Waals surface area contributed by atoms with Gasteiger partial charge in [-0.25, -0.2) is 4.98 Å². The molecule has 4 aromatic rings. The number of ether oxygens (including phenoxy) is 1. The summed E-state index contributed by atoms with van der Waals surface area (Å²) in [6, 6.07) is 14.7. The highest BCUT2D eigenvalue weighted by Crippen LogP contribution is 2.37. The monoisotopic (exact) mass is 716 g/mol. The molecular weight excluding hydrogens is 675 g/mol. The number of likely N-dealkylation sites (N-methyl/N-ethyl adjacent to an activating group) is 1. The molecule has 0 spiro atoms. The average molecular weight is 718 g/mol. The predicted octanol–water partition coefficient (Wildman–Crippen LogP) is 6.80. The van der Waals surface area contributed by atoms with Gasteiger partial charge in [0.05, 0.1) is 34.0 Å². The van der Waals surface area contributed by atoms with E-state index >= 15 is 0 Å². The van der Waals surface area contributed by atoms with Crippen molar-refractivity contribution in [2.75, 3.05) is 69.0 Å². The van der Waals surface area contributed by atoms with Gasteiger partial charge in [0.1, 0.15) is 11.6 Å². The zero-order chi connectivity index (χ0) is 32.9. The first-order chi connectivity index (χ1) is 22.8. The SMILES string of the molecule is CCc1cc(Nc2ncc(Br)c(Nc3ccc(-c4ccc(C)cn4)cc3P=O)n2)c(OC)cc1N1CCC(N2CCN(C)CC2)CC1. The molecule has 0 amide bonds. The second-order valence-corrected chi connectivity index (χ2v) is 13.8. The van der Waals surface area contributed by atoms with Crippen LogP contribution in [0.4, 0.5) is 28.8 Å². The van der Waals surface area contributed by atoms with Gasteiger partial charge in [0.15, 0.2) is 8.46 Å². The van der Waals surface area contributed by atoms with Crippen molar-refractivity contribution < 1.29 is 9.30 Å². The topological polar surface area (TPSA) is 98.7 Å². The summed E-state index contributed by atoms with van der Waals surface area (Å²) >= 11 is 3.57. The highest BCUT2D eigenvalue weighted by molar-refractivity contribution is 9.10. The van der Waals surface area contributed by atoms with E-state index in [0.29, 0.717) is 33.3 Å². The van der Waals surface area contributed by atoms with Crippen molar-refractivity contribution in [3.8, 4) is 17.0 Å². The van der Waals surface area contributed by atoms with Crippen LogP contribution in [0.25, 0.3) is 11.3 Å². The van der Waals surface area contributed by atoms with Gasteiger partial charge in [-0.2, -0.15) is 4.98 Å². The molecule has 0 atom stereocenters. The molecule has 6 rings (SSSR count). The molecular formula is C35H42BrN8O2P. The summed E-state index contributed by atoms with van der Waals surface area (Å²) in [7, 11) is 3.80. The standard InChI is InChI=1S/C35H42BrN8O2P/c1-5-24-18-30(32(46-4)20-31(24)44-12-10-26(11-13-44)43-16-14-42(3)15-17-43)40-35-38-22-27(36)34(41-35)39-29-9-7-25(19-33(29)47-45)28-8-6-23(2)21-37-28/h6-9,18-22,26H,5,10-17H2,1-4H3,(H2,38,39,40,41). The Bertz CT molecular complexity index is 1710. The summed E-state index contributed by atoms with van der Waals surface area (Å²) in [6.45, 7) is 10.9. The fourth-order valence-corrected chi connectivity index (χ4v) is 7.10. The maximum atomic E-state index is 12.2. The number of aryl methyl sites for hydroxylation is 2. The molecule has 2 fully saturated rings. The van der Waals surface area contributed by atoms with E-state index in [1.54, 1.807) is 13.3 Å². The van der Waals surface area contributed by atoms with Crippen LogP contribution in [0.2, 0.25) is 0 Å². The van der Waals surface area contributed by atoms with Gasteiger partial charge in [-0.05, 0) is 84.6 Å². The van der Waals surface area contributed by atoms with Gasteiger partial charge >= 0.3 is 0 Å². The van der Waals surface area contributed by atoms with Crippen molar-refractivity contribution in [1.82, 2.24) is 24.8 Å². The molecule has 47 heavy (non-hydrogen) atoms. The number of aromatic nitrogens is 3.